The zero-order valence-electron chi connectivity index (χ0n) is 7.57. The van der Waals surface area contributed by atoms with E-state index in [2.05, 4.69) is 4.98 Å². The van der Waals surface area contributed by atoms with E-state index >= 15 is 0 Å². The molecule has 7 heteroatoms. The topological polar surface area (TPSA) is 131 Å². The smallest absolute Gasteiger partial charge is 0.335 e. The number of nitrogens with one attached hydrogen (secondary N) is 1. The second kappa shape index (κ2) is 6.57. The number of aliphatic hydroxyl groups excluding tert-OH is 2. The highest BCUT2D eigenvalue weighted by Gasteiger charge is 2.29. The fraction of sp³-hybridized carbons (Fsp3) is 0.250. The van der Waals surface area contributed by atoms with Crippen LogP contribution in [0.15, 0.2) is 24.5 Å². The molecule has 0 fully saturated rings. The molecule has 2 atom stereocenters. The average molecular weight is 217 g/mol. The van der Waals surface area contributed by atoms with E-state index in [0.717, 1.165) is 0 Å². The molecule has 0 unspecified atom stereocenters. The van der Waals surface area contributed by atoms with Gasteiger partial charge in [-0.15, -0.1) is 0 Å². The lowest BCUT2D eigenvalue weighted by atomic mass is 10.2. The van der Waals surface area contributed by atoms with Crippen LogP contribution in [0.2, 0.25) is 0 Å². The number of carbonyl (C=O) groups is 2. The van der Waals surface area contributed by atoms with Gasteiger partial charge in [0.15, 0.2) is 12.2 Å². The molecule has 0 radical (unpaired) electrons. The summed E-state index contributed by atoms with van der Waals surface area (Å²) in [6, 6.07) is 3.89. The van der Waals surface area contributed by atoms with Crippen LogP contribution in [-0.4, -0.2) is 49.6 Å². The number of hydrogen-bond donors (Lipinski definition) is 5. The third kappa shape index (κ3) is 5.45. The van der Waals surface area contributed by atoms with Crippen molar-refractivity contribution in [1.82, 2.24) is 4.98 Å². The number of H-pyrrole nitrogens is 1. The quantitative estimate of drug-likeness (QED) is 0.436. The Labute approximate surface area is 84.6 Å². The van der Waals surface area contributed by atoms with Gasteiger partial charge in [-0.3, -0.25) is 0 Å². The lowest BCUT2D eigenvalue weighted by Gasteiger charge is -2.07. The maximum Gasteiger partial charge on any atom is 0.335 e. The molecule has 7 nitrogen and oxygen atoms in total. The van der Waals surface area contributed by atoms with Crippen LogP contribution in [-0.2, 0) is 9.59 Å². The Balaban J connectivity index is 0.000000322. The van der Waals surface area contributed by atoms with Crippen molar-refractivity contribution >= 4 is 11.9 Å². The van der Waals surface area contributed by atoms with E-state index in [1.807, 2.05) is 24.5 Å². The first kappa shape index (κ1) is 13.1. The van der Waals surface area contributed by atoms with Crippen molar-refractivity contribution in [3.63, 3.8) is 0 Å². The van der Waals surface area contributed by atoms with Crippen molar-refractivity contribution in [3.05, 3.63) is 24.5 Å². The Kier molecular flexibility index (Phi) is 5.76. The maximum atomic E-state index is 9.77. The van der Waals surface area contributed by atoms with Crippen molar-refractivity contribution in [2.24, 2.45) is 0 Å². The average Bonchev–Trinajstić information content (AvgIpc) is 2.73. The van der Waals surface area contributed by atoms with Gasteiger partial charge in [-0.2, -0.15) is 0 Å². The summed E-state index contributed by atoms with van der Waals surface area (Å²) < 4.78 is 0. The van der Waals surface area contributed by atoms with Crippen molar-refractivity contribution in [2.75, 3.05) is 0 Å². The summed E-state index contributed by atoms with van der Waals surface area (Å²) in [6.07, 6.45) is -0.782. The first-order chi connectivity index (χ1) is 6.96. The van der Waals surface area contributed by atoms with Gasteiger partial charge in [0.05, 0.1) is 0 Å². The predicted molar refractivity (Wildman–Crippen MR) is 48.1 cm³/mol. The molecule has 1 heterocycles. The minimum absolute atomic E-state index is 1.77. The Morgan fingerprint density at radius 2 is 1.27 bits per heavy atom. The summed E-state index contributed by atoms with van der Waals surface area (Å²) in [5, 5.41) is 32.5. The molecule has 0 aromatic carbocycles. The monoisotopic (exact) mass is 217 g/mol. The number of carboxylic acid groups (broad SMARTS) is 2. The fourth-order valence-corrected chi connectivity index (χ4v) is 0.548. The Morgan fingerprint density at radius 1 is 0.933 bits per heavy atom. The lowest BCUT2D eigenvalue weighted by Crippen LogP contribution is -2.39. The van der Waals surface area contributed by atoms with Gasteiger partial charge in [0.25, 0.3) is 0 Å². The number of aromatic nitrogens is 1. The molecule has 0 saturated heterocycles. The van der Waals surface area contributed by atoms with E-state index in [4.69, 9.17) is 20.4 Å². The van der Waals surface area contributed by atoms with Gasteiger partial charge in [-0.25, -0.2) is 9.59 Å². The standard InChI is InChI=1S/C4H5N.C4H6O6/c1-2-4-5-3-1;5-1(3(7)8)2(6)4(9)10/h1-5H;1-2,5-6H,(H,7,8)(H,9,10)/t;1-,2-/m.1/s1. The molecule has 0 bridgehead atoms. The first-order valence-electron chi connectivity index (χ1n) is 3.86. The van der Waals surface area contributed by atoms with Crippen LogP contribution in [0.4, 0.5) is 0 Å². The number of aliphatic carboxylic acids is 2. The molecule has 0 aliphatic heterocycles. The Morgan fingerprint density at radius 3 is 1.40 bits per heavy atom. The zero-order valence-corrected chi connectivity index (χ0v) is 7.57. The molecular weight excluding hydrogens is 206 g/mol. The molecular formula is C8H11NO6. The highest BCUT2D eigenvalue weighted by atomic mass is 16.4. The van der Waals surface area contributed by atoms with Crippen LogP contribution in [0.1, 0.15) is 0 Å². The normalized spacial score (nSPS) is 13.2. The van der Waals surface area contributed by atoms with E-state index in [0.29, 0.717) is 0 Å². The van der Waals surface area contributed by atoms with Crippen LogP contribution in [0.5, 0.6) is 0 Å². The van der Waals surface area contributed by atoms with Crippen molar-refractivity contribution in [1.29, 1.82) is 0 Å². The zero-order chi connectivity index (χ0) is 11.8. The van der Waals surface area contributed by atoms with Crippen LogP contribution in [0.3, 0.4) is 0 Å². The molecule has 84 valence electrons. The Bertz CT molecular complexity index is 261. The predicted octanol–water partition coefficient (Wildman–Crippen LogP) is -1.11. The number of rotatable bonds is 3. The van der Waals surface area contributed by atoms with Crippen LogP contribution in [0.25, 0.3) is 0 Å². The SMILES string of the molecule is O=C(O)[C@H](O)[C@@H](O)C(=O)O.c1cc[nH]c1. The Hall–Kier alpha value is -1.86. The van der Waals surface area contributed by atoms with Crippen LogP contribution >= 0.6 is 0 Å². The first-order valence-corrected chi connectivity index (χ1v) is 3.86. The van der Waals surface area contributed by atoms with Crippen molar-refractivity contribution in [2.45, 2.75) is 12.2 Å². The molecule has 5 N–H and O–H groups in total. The lowest BCUT2D eigenvalue weighted by molar-refractivity contribution is -0.165. The fourth-order valence-electron chi connectivity index (χ4n) is 0.548. The largest absolute Gasteiger partial charge is 0.479 e. The second-order valence-electron chi connectivity index (χ2n) is 2.45. The van der Waals surface area contributed by atoms with Gasteiger partial charge in [-0.05, 0) is 12.1 Å². The summed E-state index contributed by atoms with van der Waals surface area (Å²) in [4.78, 5) is 22.4. The number of aliphatic hydroxyl groups is 2. The molecule has 0 spiro atoms. The molecule has 1 rings (SSSR count). The molecule has 0 aliphatic carbocycles. The second-order valence-corrected chi connectivity index (χ2v) is 2.45. The van der Waals surface area contributed by atoms with Crippen LogP contribution in [0, 0.1) is 0 Å². The molecule has 0 amide bonds. The van der Waals surface area contributed by atoms with E-state index < -0.39 is 24.1 Å². The van der Waals surface area contributed by atoms with E-state index in [1.54, 1.807) is 0 Å². The van der Waals surface area contributed by atoms with Gasteiger partial charge in [0.1, 0.15) is 0 Å². The van der Waals surface area contributed by atoms with E-state index in [1.165, 1.54) is 0 Å². The number of hydrogen-bond acceptors (Lipinski definition) is 4. The van der Waals surface area contributed by atoms with Crippen molar-refractivity contribution in [3.8, 4) is 0 Å². The third-order valence-electron chi connectivity index (χ3n) is 1.30. The van der Waals surface area contributed by atoms with Gasteiger partial charge < -0.3 is 25.4 Å². The summed E-state index contributed by atoms with van der Waals surface area (Å²) in [6.45, 7) is 0. The molecule has 1 aromatic heterocycles. The van der Waals surface area contributed by atoms with Gasteiger partial charge in [-0.1, -0.05) is 0 Å². The minimum Gasteiger partial charge on any atom is -0.479 e. The number of carboxylic acids is 2. The maximum absolute atomic E-state index is 9.77. The van der Waals surface area contributed by atoms with Gasteiger partial charge >= 0.3 is 11.9 Å². The summed E-state index contributed by atoms with van der Waals surface area (Å²) in [5.74, 6) is -3.54. The van der Waals surface area contributed by atoms with Crippen molar-refractivity contribution < 1.29 is 30.0 Å². The highest BCUT2D eigenvalue weighted by molar-refractivity contribution is 5.83. The molecule has 0 aliphatic rings. The van der Waals surface area contributed by atoms with Gasteiger partial charge in [0, 0.05) is 12.4 Å². The number of aromatic amines is 1. The molecule has 1 aromatic rings. The minimum atomic E-state index is -2.27. The van der Waals surface area contributed by atoms with Gasteiger partial charge in [0.2, 0.25) is 0 Å². The summed E-state index contributed by atoms with van der Waals surface area (Å²) in [5.41, 5.74) is 0. The summed E-state index contributed by atoms with van der Waals surface area (Å²) in [7, 11) is 0. The molecule has 0 saturated carbocycles. The highest BCUT2D eigenvalue weighted by Crippen LogP contribution is 1.92. The molecule has 15 heavy (non-hydrogen) atoms. The third-order valence-corrected chi connectivity index (χ3v) is 1.30. The van der Waals surface area contributed by atoms with Crippen LogP contribution < -0.4 is 0 Å². The van der Waals surface area contributed by atoms with E-state index in [-0.39, 0.29) is 0 Å². The summed E-state index contributed by atoms with van der Waals surface area (Å²) >= 11 is 0. The van der Waals surface area contributed by atoms with E-state index in [9.17, 15) is 9.59 Å².